The second-order valence-electron chi connectivity index (χ2n) is 7.34. The molecular weight excluding hydrogens is 376 g/mol. The monoisotopic (exact) mass is 402 g/mol. The highest BCUT2D eigenvalue weighted by Crippen LogP contribution is 2.26. The summed E-state index contributed by atoms with van der Waals surface area (Å²) < 4.78 is 16.1. The molecule has 1 aromatic carbocycles. The molecule has 1 heterocycles. The van der Waals surface area contributed by atoms with Gasteiger partial charge in [0.25, 0.3) is 0 Å². The van der Waals surface area contributed by atoms with Gasteiger partial charge in [-0.3, -0.25) is 0 Å². The van der Waals surface area contributed by atoms with E-state index >= 15 is 0 Å². The van der Waals surface area contributed by atoms with Gasteiger partial charge >= 0.3 is 12.1 Å². The zero-order valence-corrected chi connectivity index (χ0v) is 17.0. The first-order chi connectivity index (χ1) is 13.7. The molecule has 0 fully saturated rings. The Morgan fingerprint density at radius 3 is 2.45 bits per heavy atom. The summed E-state index contributed by atoms with van der Waals surface area (Å²) in [4.78, 5) is 27.7. The fourth-order valence-corrected chi connectivity index (χ4v) is 2.61. The van der Waals surface area contributed by atoms with Crippen LogP contribution in [0.4, 0.5) is 4.79 Å². The average Bonchev–Trinajstić information content (AvgIpc) is 2.64. The Kier molecular flexibility index (Phi) is 7.41. The summed E-state index contributed by atoms with van der Waals surface area (Å²) in [5.74, 6) is -1.16. The second kappa shape index (κ2) is 9.77. The summed E-state index contributed by atoms with van der Waals surface area (Å²) >= 11 is 0. The Balaban J connectivity index is 2.17. The number of alkyl carbamates (subject to hydrolysis) is 1. The Bertz CT molecular complexity index is 833. The zero-order valence-electron chi connectivity index (χ0n) is 17.0. The molecule has 8 heteroatoms. The molecule has 0 saturated carbocycles. The predicted octanol–water partition coefficient (Wildman–Crippen LogP) is 3.30. The highest BCUT2D eigenvalue weighted by molar-refractivity contribution is 5.93. The smallest absolute Gasteiger partial charge is 0.408 e. The fraction of sp³-hybridized carbons (Fsp3) is 0.381. The standard InChI is InChI=1S/C21H26N2O6/c1-21(2,3)29-20(26)23-15(12-14-8-6-5-7-9-14)13-28-16-10-11-22-18(27-4)17(16)19(24)25/h5-11,15H,12-13H2,1-4H3,(H,23,26)(H,24,25)/t15-/m1/s1. The zero-order chi connectivity index (χ0) is 21.4. The molecule has 156 valence electrons. The van der Waals surface area contributed by atoms with Gasteiger partial charge in [-0.15, -0.1) is 0 Å². The lowest BCUT2D eigenvalue weighted by molar-refractivity contribution is 0.0485. The molecule has 0 saturated heterocycles. The van der Waals surface area contributed by atoms with E-state index in [2.05, 4.69) is 10.3 Å². The topological polar surface area (TPSA) is 107 Å². The van der Waals surface area contributed by atoms with Crippen LogP contribution in [0.15, 0.2) is 42.6 Å². The molecule has 0 unspecified atom stereocenters. The SMILES string of the molecule is COc1nccc(OC[C@@H](Cc2ccccc2)NC(=O)OC(C)(C)C)c1C(=O)O. The molecule has 0 spiro atoms. The number of pyridine rings is 1. The molecule has 1 amide bonds. The molecule has 2 rings (SSSR count). The lowest BCUT2D eigenvalue weighted by atomic mass is 10.1. The van der Waals surface area contributed by atoms with Gasteiger partial charge in [-0.05, 0) is 38.8 Å². The van der Waals surface area contributed by atoms with Crippen LogP contribution in [0.3, 0.4) is 0 Å². The number of hydrogen-bond acceptors (Lipinski definition) is 6. The molecule has 0 aliphatic rings. The first-order valence-electron chi connectivity index (χ1n) is 9.12. The summed E-state index contributed by atoms with van der Waals surface area (Å²) in [6.07, 6.45) is 1.30. The minimum absolute atomic E-state index is 0.0293. The van der Waals surface area contributed by atoms with Crippen LogP contribution in [0.2, 0.25) is 0 Å². The fourth-order valence-electron chi connectivity index (χ4n) is 2.61. The molecule has 29 heavy (non-hydrogen) atoms. The van der Waals surface area contributed by atoms with E-state index in [9.17, 15) is 14.7 Å². The van der Waals surface area contributed by atoms with Gasteiger partial charge in [-0.1, -0.05) is 30.3 Å². The van der Waals surface area contributed by atoms with Gasteiger partial charge in [0.1, 0.15) is 18.0 Å². The summed E-state index contributed by atoms with van der Waals surface area (Å²) in [5, 5.41) is 12.3. The number of benzene rings is 1. The number of rotatable bonds is 8. The van der Waals surface area contributed by atoms with E-state index in [1.54, 1.807) is 20.8 Å². The molecule has 0 radical (unpaired) electrons. The van der Waals surface area contributed by atoms with E-state index in [-0.39, 0.29) is 23.8 Å². The van der Waals surface area contributed by atoms with Crippen molar-refractivity contribution in [3.05, 3.63) is 53.7 Å². The number of amides is 1. The molecule has 8 nitrogen and oxygen atoms in total. The van der Waals surface area contributed by atoms with E-state index in [4.69, 9.17) is 14.2 Å². The number of ether oxygens (including phenoxy) is 3. The van der Waals surface area contributed by atoms with Gasteiger partial charge in [-0.25, -0.2) is 14.6 Å². The maximum absolute atomic E-state index is 12.2. The number of hydrogen-bond donors (Lipinski definition) is 2. The van der Waals surface area contributed by atoms with Crippen molar-refractivity contribution in [3.8, 4) is 11.6 Å². The molecule has 2 aromatic rings. The van der Waals surface area contributed by atoms with Crippen LogP contribution in [-0.4, -0.2) is 47.5 Å². The van der Waals surface area contributed by atoms with E-state index < -0.39 is 23.7 Å². The van der Waals surface area contributed by atoms with Gasteiger partial charge < -0.3 is 24.6 Å². The summed E-state index contributed by atoms with van der Waals surface area (Å²) in [6.45, 7) is 5.36. The number of aromatic nitrogens is 1. The third-order valence-corrected chi connectivity index (χ3v) is 3.77. The lowest BCUT2D eigenvalue weighted by Gasteiger charge is -2.24. The first kappa shape index (κ1) is 22.0. The number of aromatic carboxylic acids is 1. The number of carbonyl (C=O) groups is 2. The first-order valence-corrected chi connectivity index (χ1v) is 9.12. The van der Waals surface area contributed by atoms with Crippen molar-refractivity contribution in [2.24, 2.45) is 0 Å². The Morgan fingerprint density at radius 1 is 1.17 bits per heavy atom. The molecule has 0 aliphatic carbocycles. The van der Waals surface area contributed by atoms with E-state index in [0.717, 1.165) is 5.56 Å². The normalized spacial score (nSPS) is 12.0. The third kappa shape index (κ3) is 6.99. The van der Waals surface area contributed by atoms with E-state index in [1.165, 1.54) is 19.4 Å². The summed E-state index contributed by atoms with van der Waals surface area (Å²) in [5.41, 5.74) is 0.172. The van der Waals surface area contributed by atoms with Crippen LogP contribution in [0.5, 0.6) is 11.6 Å². The maximum atomic E-state index is 12.2. The Morgan fingerprint density at radius 2 is 1.86 bits per heavy atom. The van der Waals surface area contributed by atoms with Crippen LogP contribution in [0, 0.1) is 0 Å². The molecule has 2 N–H and O–H groups in total. The van der Waals surface area contributed by atoms with Crippen molar-refractivity contribution >= 4 is 12.1 Å². The third-order valence-electron chi connectivity index (χ3n) is 3.77. The van der Waals surface area contributed by atoms with Crippen LogP contribution in [-0.2, 0) is 11.2 Å². The van der Waals surface area contributed by atoms with Gasteiger partial charge in [0.15, 0.2) is 5.56 Å². The molecule has 0 aliphatic heterocycles. The number of carbonyl (C=O) groups excluding carboxylic acids is 1. The van der Waals surface area contributed by atoms with Crippen LogP contribution >= 0.6 is 0 Å². The van der Waals surface area contributed by atoms with Crippen molar-refractivity contribution < 1.29 is 28.9 Å². The van der Waals surface area contributed by atoms with Crippen molar-refractivity contribution in [1.82, 2.24) is 10.3 Å². The van der Waals surface area contributed by atoms with Crippen molar-refractivity contribution in [2.45, 2.75) is 38.8 Å². The number of nitrogens with zero attached hydrogens (tertiary/aromatic N) is 1. The van der Waals surface area contributed by atoms with E-state index in [0.29, 0.717) is 6.42 Å². The van der Waals surface area contributed by atoms with Crippen LogP contribution in [0.1, 0.15) is 36.7 Å². The van der Waals surface area contributed by atoms with Crippen LogP contribution < -0.4 is 14.8 Å². The Hall–Kier alpha value is -3.29. The number of nitrogens with one attached hydrogen (secondary N) is 1. The lowest BCUT2D eigenvalue weighted by Crippen LogP contribution is -2.43. The van der Waals surface area contributed by atoms with Crippen LogP contribution in [0.25, 0.3) is 0 Å². The summed E-state index contributed by atoms with van der Waals surface area (Å²) in [7, 11) is 1.33. The highest BCUT2D eigenvalue weighted by Gasteiger charge is 2.23. The molecule has 1 atom stereocenters. The van der Waals surface area contributed by atoms with Gasteiger partial charge in [-0.2, -0.15) is 0 Å². The molecule has 1 aromatic heterocycles. The van der Waals surface area contributed by atoms with Crippen molar-refractivity contribution in [1.29, 1.82) is 0 Å². The minimum Gasteiger partial charge on any atom is -0.490 e. The minimum atomic E-state index is -1.22. The molecular formula is C21H26N2O6. The average molecular weight is 402 g/mol. The van der Waals surface area contributed by atoms with Gasteiger partial charge in [0.2, 0.25) is 5.88 Å². The predicted molar refractivity (Wildman–Crippen MR) is 107 cm³/mol. The van der Waals surface area contributed by atoms with Crippen molar-refractivity contribution in [3.63, 3.8) is 0 Å². The largest absolute Gasteiger partial charge is 0.490 e. The second-order valence-corrected chi connectivity index (χ2v) is 7.34. The maximum Gasteiger partial charge on any atom is 0.408 e. The Labute approximate surface area is 169 Å². The van der Waals surface area contributed by atoms with E-state index in [1.807, 2.05) is 30.3 Å². The summed E-state index contributed by atoms with van der Waals surface area (Å²) in [6, 6.07) is 10.6. The highest BCUT2D eigenvalue weighted by atomic mass is 16.6. The quantitative estimate of drug-likeness (QED) is 0.697. The van der Waals surface area contributed by atoms with Crippen molar-refractivity contribution in [2.75, 3.05) is 13.7 Å². The number of carboxylic acid groups (broad SMARTS) is 1. The number of methoxy groups -OCH3 is 1. The number of carboxylic acids is 1. The van der Waals surface area contributed by atoms with Gasteiger partial charge in [0.05, 0.1) is 13.2 Å². The molecule has 0 bridgehead atoms. The van der Waals surface area contributed by atoms with Gasteiger partial charge in [0, 0.05) is 6.20 Å².